The molecule has 0 radical (unpaired) electrons. The van der Waals surface area contributed by atoms with E-state index in [4.69, 9.17) is 4.98 Å². The quantitative estimate of drug-likeness (QED) is 0.0486. The predicted octanol–water partition coefficient (Wildman–Crippen LogP) is 12.2. The van der Waals surface area contributed by atoms with E-state index in [9.17, 15) is 4.79 Å². The number of hydrogen-bond acceptors (Lipinski definition) is 7. The molecule has 1 fully saturated rings. The molecule has 1 aliphatic carbocycles. The minimum absolute atomic E-state index is 0.0956. The predicted molar refractivity (Wildman–Crippen MR) is 245 cm³/mol. The lowest BCUT2D eigenvalue weighted by Gasteiger charge is -2.32. The summed E-state index contributed by atoms with van der Waals surface area (Å²) in [7, 11) is 0. The summed E-state index contributed by atoms with van der Waals surface area (Å²) in [4.78, 5) is 27.4. The van der Waals surface area contributed by atoms with Crippen molar-refractivity contribution in [2.75, 3.05) is 56.4 Å². The van der Waals surface area contributed by atoms with Crippen LogP contribution < -0.4 is 10.6 Å². The fourth-order valence-corrected chi connectivity index (χ4v) is 9.36. The van der Waals surface area contributed by atoms with Gasteiger partial charge in [-0.1, -0.05) is 89.8 Å². The number of ketones is 1. The van der Waals surface area contributed by atoms with Gasteiger partial charge in [0, 0.05) is 35.1 Å². The van der Waals surface area contributed by atoms with Gasteiger partial charge in [0.25, 0.3) is 0 Å². The zero-order chi connectivity index (χ0) is 40.4. The molecule has 2 aromatic heterocycles. The second-order valence-electron chi connectivity index (χ2n) is 17.1. The minimum atomic E-state index is 0.0956. The molecule has 4 aromatic rings. The van der Waals surface area contributed by atoms with E-state index < -0.39 is 0 Å². The van der Waals surface area contributed by atoms with Crippen LogP contribution in [-0.2, 0) is 6.42 Å². The first kappa shape index (κ1) is 44.6. The third kappa shape index (κ3) is 13.8. The van der Waals surface area contributed by atoms with E-state index in [1.165, 1.54) is 145 Å². The average molecular weight is 777 g/mol. The number of aromatic nitrogens is 2. The lowest BCUT2D eigenvalue weighted by molar-refractivity contribution is 0.101. The van der Waals surface area contributed by atoms with Crippen molar-refractivity contribution in [2.45, 2.75) is 150 Å². The molecular weight excluding hydrogens is 701 g/mol. The Kier molecular flexibility index (Phi) is 18.6. The fourth-order valence-electron chi connectivity index (χ4n) is 9.36. The second kappa shape index (κ2) is 23.8. The molecule has 2 atom stereocenters. The molecule has 0 saturated heterocycles. The standard InChI is InChI=1S/C50H76N6O/c1-7-55(8-2)31-18-14-12-10-11-13-16-23-42-34-38(4)35-43-26-27-47(54-49(42)43)53-44-24-20-22-41(37-44)28-33-56(9-3)32-19-15-17-29-51-46-36-39(5)48(40(6)57)45-25-21-30-52-50(45)46/h21,25-27,30,34-36,41,44,51H,7-20,22-24,28-29,31-33,37H2,1-6H3,(H,53,54). The molecule has 5 rings (SSSR count). The molecule has 1 saturated carbocycles. The van der Waals surface area contributed by atoms with Crippen molar-refractivity contribution in [2.24, 2.45) is 5.92 Å². The Morgan fingerprint density at radius 1 is 0.789 bits per heavy atom. The van der Waals surface area contributed by atoms with Crippen LogP contribution >= 0.6 is 0 Å². The average Bonchev–Trinajstić information content (AvgIpc) is 3.21. The summed E-state index contributed by atoms with van der Waals surface area (Å²) < 4.78 is 0. The van der Waals surface area contributed by atoms with Crippen LogP contribution in [0.4, 0.5) is 11.5 Å². The van der Waals surface area contributed by atoms with Gasteiger partial charge in [-0.25, -0.2) is 4.98 Å². The molecule has 2 N–H and O–H groups in total. The number of unbranched alkanes of at least 4 members (excludes halogenated alkanes) is 8. The Bertz CT molecular complexity index is 1820. The first-order valence-electron chi connectivity index (χ1n) is 23.0. The van der Waals surface area contributed by atoms with E-state index in [1.807, 2.05) is 25.3 Å². The van der Waals surface area contributed by atoms with Crippen LogP contribution in [0, 0.1) is 19.8 Å². The van der Waals surface area contributed by atoms with Crippen molar-refractivity contribution in [3.05, 3.63) is 70.9 Å². The van der Waals surface area contributed by atoms with Gasteiger partial charge < -0.3 is 20.4 Å². The third-order valence-electron chi connectivity index (χ3n) is 12.7. The molecule has 2 heterocycles. The van der Waals surface area contributed by atoms with Crippen molar-refractivity contribution < 1.29 is 4.79 Å². The first-order valence-corrected chi connectivity index (χ1v) is 23.0. The van der Waals surface area contributed by atoms with Crippen LogP contribution in [0.25, 0.3) is 21.8 Å². The number of hydrogen-bond donors (Lipinski definition) is 2. The summed E-state index contributed by atoms with van der Waals surface area (Å²) >= 11 is 0. The Labute approximate surface area is 346 Å². The SMILES string of the molecule is CCN(CC)CCCCCCCCCc1cc(C)cc2ccc(NC3CCCC(CCN(CC)CCCCCNc4cc(C)c(C(C)=O)c5cccnc45)C3)nc12. The zero-order valence-corrected chi connectivity index (χ0v) is 36.7. The Morgan fingerprint density at radius 2 is 1.51 bits per heavy atom. The number of anilines is 2. The van der Waals surface area contributed by atoms with E-state index in [-0.39, 0.29) is 5.78 Å². The number of pyridine rings is 2. The van der Waals surface area contributed by atoms with E-state index >= 15 is 0 Å². The van der Waals surface area contributed by atoms with Gasteiger partial charge in [0.2, 0.25) is 0 Å². The highest BCUT2D eigenvalue weighted by molar-refractivity contribution is 6.10. The van der Waals surface area contributed by atoms with Gasteiger partial charge in [-0.2, -0.15) is 0 Å². The lowest BCUT2D eigenvalue weighted by atomic mass is 9.83. The van der Waals surface area contributed by atoms with E-state index in [1.54, 1.807) is 6.92 Å². The van der Waals surface area contributed by atoms with Crippen LogP contribution in [0.5, 0.6) is 0 Å². The summed E-state index contributed by atoms with van der Waals surface area (Å²) in [5, 5.41) is 9.74. The van der Waals surface area contributed by atoms with Crippen LogP contribution in [0.15, 0.2) is 48.7 Å². The smallest absolute Gasteiger partial charge is 0.160 e. The Hall–Kier alpha value is -3.55. The van der Waals surface area contributed by atoms with Gasteiger partial charge in [-0.3, -0.25) is 9.78 Å². The molecule has 7 heteroatoms. The molecule has 2 aromatic carbocycles. The number of nitrogens with zero attached hydrogens (tertiary/aromatic N) is 4. The molecule has 57 heavy (non-hydrogen) atoms. The molecule has 0 amide bonds. The molecule has 0 aliphatic heterocycles. The lowest BCUT2D eigenvalue weighted by Crippen LogP contribution is -2.31. The Balaban J connectivity index is 1.01. The van der Waals surface area contributed by atoms with Crippen molar-refractivity contribution in [3.63, 3.8) is 0 Å². The van der Waals surface area contributed by atoms with Crippen molar-refractivity contribution in [1.29, 1.82) is 0 Å². The number of nitrogens with one attached hydrogen (secondary N) is 2. The van der Waals surface area contributed by atoms with E-state index in [2.05, 4.69) is 83.4 Å². The molecule has 1 aliphatic rings. The highest BCUT2D eigenvalue weighted by Crippen LogP contribution is 2.31. The van der Waals surface area contributed by atoms with Gasteiger partial charge >= 0.3 is 0 Å². The number of carbonyl (C=O) groups excluding carboxylic acids is 1. The van der Waals surface area contributed by atoms with Gasteiger partial charge in [0.1, 0.15) is 5.82 Å². The molecule has 0 bridgehead atoms. The molecular formula is C50H76N6O. The summed E-state index contributed by atoms with van der Waals surface area (Å²) in [6, 6.07) is 15.7. The maximum absolute atomic E-state index is 12.3. The monoisotopic (exact) mass is 777 g/mol. The highest BCUT2D eigenvalue weighted by Gasteiger charge is 2.23. The van der Waals surface area contributed by atoms with Crippen molar-refractivity contribution in [3.8, 4) is 0 Å². The number of Topliss-reactive ketones (excluding diaryl/α,β-unsaturated/α-hetero) is 1. The summed E-state index contributed by atoms with van der Waals surface area (Å²) in [6.45, 7) is 20.8. The van der Waals surface area contributed by atoms with Crippen LogP contribution in [0.3, 0.4) is 0 Å². The first-order chi connectivity index (χ1) is 27.8. The van der Waals surface area contributed by atoms with Gasteiger partial charge in [-0.15, -0.1) is 0 Å². The van der Waals surface area contributed by atoms with Crippen molar-refractivity contribution >= 4 is 39.1 Å². The highest BCUT2D eigenvalue weighted by atomic mass is 16.1. The van der Waals surface area contributed by atoms with Gasteiger partial charge in [-0.05, 0) is 159 Å². The third-order valence-corrected chi connectivity index (χ3v) is 12.7. The summed E-state index contributed by atoms with van der Waals surface area (Å²) in [5.74, 6) is 1.93. The minimum Gasteiger partial charge on any atom is -0.383 e. The number of rotatable bonds is 26. The fraction of sp³-hybridized carbons (Fsp3) is 0.620. The van der Waals surface area contributed by atoms with Crippen LogP contribution in [0.2, 0.25) is 0 Å². The normalized spacial score (nSPS) is 15.9. The molecule has 312 valence electrons. The van der Waals surface area contributed by atoms with Gasteiger partial charge in [0.15, 0.2) is 5.78 Å². The molecule has 7 nitrogen and oxygen atoms in total. The van der Waals surface area contributed by atoms with E-state index in [0.717, 1.165) is 65.4 Å². The number of carbonyl (C=O) groups is 1. The number of fused-ring (bicyclic) bond motifs is 2. The maximum Gasteiger partial charge on any atom is 0.160 e. The Morgan fingerprint density at radius 3 is 2.26 bits per heavy atom. The molecule has 2 unspecified atom stereocenters. The van der Waals surface area contributed by atoms with Crippen LogP contribution in [0.1, 0.15) is 151 Å². The second-order valence-corrected chi connectivity index (χ2v) is 17.1. The van der Waals surface area contributed by atoms with E-state index in [0.29, 0.717) is 6.04 Å². The zero-order valence-electron chi connectivity index (χ0n) is 36.7. The molecule has 0 spiro atoms. The summed E-state index contributed by atoms with van der Waals surface area (Å²) in [5.41, 5.74) is 7.69. The summed E-state index contributed by atoms with van der Waals surface area (Å²) in [6.07, 6.45) is 22.3. The topological polar surface area (TPSA) is 73.4 Å². The maximum atomic E-state index is 12.3. The van der Waals surface area contributed by atoms with Crippen LogP contribution in [-0.4, -0.2) is 77.4 Å². The van der Waals surface area contributed by atoms with Crippen molar-refractivity contribution in [1.82, 2.24) is 19.8 Å². The van der Waals surface area contributed by atoms with Gasteiger partial charge in [0.05, 0.1) is 16.7 Å². The largest absolute Gasteiger partial charge is 0.383 e. The number of benzene rings is 2. The number of aryl methyl sites for hydroxylation is 3.